The van der Waals surface area contributed by atoms with Gasteiger partial charge in [-0.05, 0) is 29.5 Å². The van der Waals surface area contributed by atoms with Gasteiger partial charge in [-0.25, -0.2) is 0 Å². The maximum absolute atomic E-state index is 12.6. The molecule has 3 nitrogen and oxygen atoms in total. The van der Waals surface area contributed by atoms with Crippen LogP contribution < -0.4 is 10.6 Å². The number of carbonyl (C=O) groups is 1. The molecule has 1 aromatic heterocycles. The molecule has 2 aromatic rings. The van der Waals surface area contributed by atoms with Crippen molar-refractivity contribution in [2.75, 3.05) is 13.1 Å². The molecule has 110 valence electrons. The van der Waals surface area contributed by atoms with E-state index in [1.165, 1.54) is 4.88 Å². The van der Waals surface area contributed by atoms with Crippen molar-refractivity contribution in [1.82, 2.24) is 10.6 Å². The van der Waals surface area contributed by atoms with Gasteiger partial charge in [0, 0.05) is 11.4 Å². The normalized spacial score (nSPS) is 22.9. The minimum absolute atomic E-state index is 0.0495. The van der Waals surface area contributed by atoms with Crippen LogP contribution in [0.25, 0.3) is 0 Å². The summed E-state index contributed by atoms with van der Waals surface area (Å²) in [5.74, 6) is 0.607. The lowest BCUT2D eigenvalue weighted by molar-refractivity contribution is -0.125. The van der Waals surface area contributed by atoms with Gasteiger partial charge in [0.05, 0.1) is 12.0 Å². The molecule has 21 heavy (non-hydrogen) atoms. The molecule has 1 fully saturated rings. The standard InChI is InChI=1S/C17H20N2OS/c1-12-10-18-11-14(12)17(20)19-16(15-8-5-9-21-15)13-6-3-2-4-7-13/h2-9,12,14,16,18H,10-11H2,1H3,(H,19,20). The Morgan fingerprint density at radius 2 is 2.05 bits per heavy atom. The molecule has 3 unspecified atom stereocenters. The van der Waals surface area contributed by atoms with Gasteiger partial charge in [-0.15, -0.1) is 11.3 Å². The summed E-state index contributed by atoms with van der Waals surface area (Å²) >= 11 is 1.68. The van der Waals surface area contributed by atoms with E-state index >= 15 is 0 Å². The average molecular weight is 300 g/mol. The van der Waals surface area contributed by atoms with Gasteiger partial charge >= 0.3 is 0 Å². The van der Waals surface area contributed by atoms with Crippen molar-refractivity contribution in [2.45, 2.75) is 13.0 Å². The number of rotatable bonds is 4. The lowest BCUT2D eigenvalue weighted by atomic mass is 9.96. The molecule has 1 aliphatic rings. The Kier molecular flexibility index (Phi) is 4.36. The highest BCUT2D eigenvalue weighted by Crippen LogP contribution is 2.27. The van der Waals surface area contributed by atoms with E-state index < -0.39 is 0 Å². The molecule has 2 N–H and O–H groups in total. The minimum Gasteiger partial charge on any atom is -0.344 e. The first kappa shape index (κ1) is 14.3. The van der Waals surface area contributed by atoms with Crippen molar-refractivity contribution < 1.29 is 4.79 Å². The van der Waals surface area contributed by atoms with E-state index in [4.69, 9.17) is 0 Å². The molecule has 0 radical (unpaired) electrons. The SMILES string of the molecule is CC1CNCC1C(=O)NC(c1ccccc1)c1cccs1. The van der Waals surface area contributed by atoms with Gasteiger partial charge in [0.25, 0.3) is 0 Å². The van der Waals surface area contributed by atoms with Crippen LogP contribution in [0.5, 0.6) is 0 Å². The number of benzene rings is 1. The third-order valence-corrected chi connectivity index (χ3v) is 5.04. The van der Waals surface area contributed by atoms with Crippen molar-refractivity contribution in [3.8, 4) is 0 Å². The van der Waals surface area contributed by atoms with Crippen LogP contribution in [0.15, 0.2) is 47.8 Å². The zero-order chi connectivity index (χ0) is 14.7. The molecule has 1 aromatic carbocycles. The highest BCUT2D eigenvalue weighted by molar-refractivity contribution is 7.10. The third-order valence-electron chi connectivity index (χ3n) is 4.10. The van der Waals surface area contributed by atoms with Crippen LogP contribution in [0.3, 0.4) is 0 Å². The predicted molar refractivity (Wildman–Crippen MR) is 86.3 cm³/mol. The minimum atomic E-state index is -0.0495. The van der Waals surface area contributed by atoms with Gasteiger partial charge in [-0.1, -0.05) is 43.3 Å². The van der Waals surface area contributed by atoms with E-state index in [0.717, 1.165) is 18.7 Å². The Balaban J connectivity index is 1.82. The fraction of sp³-hybridized carbons (Fsp3) is 0.353. The average Bonchev–Trinajstić information content (AvgIpc) is 3.17. The van der Waals surface area contributed by atoms with Crippen LogP contribution in [-0.2, 0) is 4.79 Å². The molecule has 0 saturated carbocycles. The molecule has 1 amide bonds. The third kappa shape index (κ3) is 3.17. The number of amides is 1. The van der Waals surface area contributed by atoms with Crippen LogP contribution in [0.4, 0.5) is 0 Å². The molecule has 0 aliphatic carbocycles. The Morgan fingerprint density at radius 3 is 2.67 bits per heavy atom. The molecule has 3 atom stereocenters. The molecule has 3 rings (SSSR count). The van der Waals surface area contributed by atoms with Gasteiger partial charge in [-0.3, -0.25) is 4.79 Å². The lowest BCUT2D eigenvalue weighted by Gasteiger charge is -2.21. The van der Waals surface area contributed by atoms with E-state index in [1.54, 1.807) is 11.3 Å². The summed E-state index contributed by atoms with van der Waals surface area (Å²) in [7, 11) is 0. The summed E-state index contributed by atoms with van der Waals surface area (Å²) in [6.07, 6.45) is 0. The molecular formula is C17H20N2OS. The first-order valence-corrected chi connectivity index (χ1v) is 8.23. The Bertz CT molecular complexity index is 582. The van der Waals surface area contributed by atoms with Crippen LogP contribution in [0.1, 0.15) is 23.4 Å². The zero-order valence-electron chi connectivity index (χ0n) is 12.1. The van der Waals surface area contributed by atoms with Gasteiger partial charge in [0.1, 0.15) is 0 Å². The summed E-state index contributed by atoms with van der Waals surface area (Å²) in [6.45, 7) is 3.83. The Hall–Kier alpha value is -1.65. The monoisotopic (exact) mass is 300 g/mol. The Morgan fingerprint density at radius 1 is 1.24 bits per heavy atom. The van der Waals surface area contributed by atoms with Crippen LogP contribution in [0.2, 0.25) is 0 Å². The van der Waals surface area contributed by atoms with E-state index in [2.05, 4.69) is 41.1 Å². The second-order valence-electron chi connectivity index (χ2n) is 5.61. The summed E-state index contributed by atoms with van der Waals surface area (Å²) in [6, 6.07) is 14.2. The molecule has 1 aliphatic heterocycles. The number of hydrogen-bond acceptors (Lipinski definition) is 3. The highest BCUT2D eigenvalue weighted by Gasteiger charge is 2.31. The van der Waals surface area contributed by atoms with Gasteiger partial charge in [0.15, 0.2) is 0 Å². The van der Waals surface area contributed by atoms with Crippen LogP contribution in [-0.4, -0.2) is 19.0 Å². The molecular weight excluding hydrogens is 280 g/mol. The molecule has 2 heterocycles. The number of hydrogen-bond donors (Lipinski definition) is 2. The highest BCUT2D eigenvalue weighted by atomic mass is 32.1. The second kappa shape index (κ2) is 6.41. The second-order valence-corrected chi connectivity index (χ2v) is 6.59. The number of carbonyl (C=O) groups excluding carboxylic acids is 1. The first-order valence-electron chi connectivity index (χ1n) is 7.35. The zero-order valence-corrected chi connectivity index (χ0v) is 12.9. The van der Waals surface area contributed by atoms with Gasteiger partial charge in [-0.2, -0.15) is 0 Å². The fourth-order valence-electron chi connectivity index (χ4n) is 2.83. The van der Waals surface area contributed by atoms with Gasteiger partial charge in [0.2, 0.25) is 5.91 Å². The van der Waals surface area contributed by atoms with Crippen molar-refractivity contribution in [3.05, 3.63) is 58.3 Å². The van der Waals surface area contributed by atoms with Crippen molar-refractivity contribution in [2.24, 2.45) is 11.8 Å². The maximum atomic E-state index is 12.6. The largest absolute Gasteiger partial charge is 0.344 e. The first-order chi connectivity index (χ1) is 10.3. The smallest absolute Gasteiger partial charge is 0.225 e. The van der Waals surface area contributed by atoms with E-state index in [-0.39, 0.29) is 17.9 Å². The quantitative estimate of drug-likeness (QED) is 0.911. The fourth-order valence-corrected chi connectivity index (χ4v) is 3.63. The van der Waals surface area contributed by atoms with E-state index in [1.807, 2.05) is 24.3 Å². The maximum Gasteiger partial charge on any atom is 0.225 e. The summed E-state index contributed by atoms with van der Waals surface area (Å²) in [4.78, 5) is 13.8. The molecule has 4 heteroatoms. The van der Waals surface area contributed by atoms with Crippen LogP contribution in [0, 0.1) is 11.8 Å². The molecule has 0 spiro atoms. The number of nitrogens with one attached hydrogen (secondary N) is 2. The Labute approximate surface area is 129 Å². The molecule has 1 saturated heterocycles. The van der Waals surface area contributed by atoms with Gasteiger partial charge < -0.3 is 10.6 Å². The number of thiophene rings is 1. The summed E-state index contributed by atoms with van der Waals surface area (Å²) < 4.78 is 0. The van der Waals surface area contributed by atoms with E-state index in [0.29, 0.717) is 5.92 Å². The van der Waals surface area contributed by atoms with Crippen molar-refractivity contribution in [3.63, 3.8) is 0 Å². The summed E-state index contributed by atoms with van der Waals surface area (Å²) in [5, 5.41) is 8.58. The summed E-state index contributed by atoms with van der Waals surface area (Å²) in [5.41, 5.74) is 1.13. The lowest BCUT2D eigenvalue weighted by Crippen LogP contribution is -2.37. The topological polar surface area (TPSA) is 41.1 Å². The predicted octanol–water partition coefficient (Wildman–Crippen LogP) is 2.81. The van der Waals surface area contributed by atoms with Crippen LogP contribution >= 0.6 is 11.3 Å². The van der Waals surface area contributed by atoms with E-state index in [9.17, 15) is 4.79 Å². The van der Waals surface area contributed by atoms with Crippen molar-refractivity contribution in [1.29, 1.82) is 0 Å². The molecule has 0 bridgehead atoms. The van der Waals surface area contributed by atoms with Crippen molar-refractivity contribution >= 4 is 17.2 Å².